The fourth-order valence-electron chi connectivity index (χ4n) is 3.61. The van der Waals surface area contributed by atoms with Gasteiger partial charge >= 0.3 is 0 Å². The van der Waals surface area contributed by atoms with E-state index < -0.39 is 0 Å². The van der Waals surface area contributed by atoms with Gasteiger partial charge in [0.1, 0.15) is 0 Å². The van der Waals surface area contributed by atoms with Crippen molar-refractivity contribution >= 4 is 5.91 Å². The Hall–Kier alpha value is -2.92. The fourth-order valence-corrected chi connectivity index (χ4v) is 3.61. The number of rotatable bonds is 6. The summed E-state index contributed by atoms with van der Waals surface area (Å²) in [4.78, 5) is 14.5. The summed E-state index contributed by atoms with van der Waals surface area (Å²) in [6, 6.07) is 20.5. The van der Waals surface area contributed by atoms with E-state index in [0.29, 0.717) is 19.0 Å². The van der Waals surface area contributed by atoms with Crippen molar-refractivity contribution in [3.63, 3.8) is 0 Å². The first-order chi connectivity index (χ1) is 13.3. The largest absolute Gasteiger partial charge is 0.351 e. The zero-order valence-electron chi connectivity index (χ0n) is 15.3. The maximum absolute atomic E-state index is 12.3. The predicted molar refractivity (Wildman–Crippen MR) is 106 cm³/mol. The van der Waals surface area contributed by atoms with Crippen molar-refractivity contribution in [1.82, 2.24) is 20.0 Å². The SMILES string of the molecule is O=C(CN1CC[C@@H](c2ccccc2)C1)NCc1cnn(-c2ccccc2)c1. The summed E-state index contributed by atoms with van der Waals surface area (Å²) in [5.74, 6) is 0.597. The molecule has 0 saturated carbocycles. The van der Waals surface area contributed by atoms with E-state index in [2.05, 4.69) is 39.6 Å². The normalized spacial score (nSPS) is 17.1. The molecule has 4 rings (SSSR count). The van der Waals surface area contributed by atoms with E-state index >= 15 is 0 Å². The number of hydrogen-bond donors (Lipinski definition) is 1. The molecule has 3 aromatic rings. The van der Waals surface area contributed by atoms with Crippen molar-refractivity contribution in [3.05, 3.63) is 84.2 Å². The summed E-state index contributed by atoms with van der Waals surface area (Å²) >= 11 is 0. The lowest BCUT2D eigenvalue weighted by Gasteiger charge is -2.15. The van der Waals surface area contributed by atoms with Gasteiger partial charge in [-0.2, -0.15) is 5.10 Å². The Labute approximate surface area is 159 Å². The molecule has 1 saturated heterocycles. The molecule has 5 heteroatoms. The Morgan fingerprint density at radius 2 is 1.81 bits per heavy atom. The monoisotopic (exact) mass is 360 g/mol. The molecule has 0 unspecified atom stereocenters. The summed E-state index contributed by atoms with van der Waals surface area (Å²) in [6.45, 7) is 2.88. The van der Waals surface area contributed by atoms with Crippen LogP contribution in [0.25, 0.3) is 5.69 Å². The van der Waals surface area contributed by atoms with Crippen molar-refractivity contribution in [2.45, 2.75) is 18.9 Å². The van der Waals surface area contributed by atoms with Gasteiger partial charge in [-0.15, -0.1) is 0 Å². The molecule has 1 N–H and O–H groups in total. The number of amides is 1. The van der Waals surface area contributed by atoms with Crippen LogP contribution < -0.4 is 5.32 Å². The quantitative estimate of drug-likeness (QED) is 0.735. The van der Waals surface area contributed by atoms with Crippen molar-refractivity contribution in [3.8, 4) is 5.69 Å². The Balaban J connectivity index is 1.25. The molecule has 1 aromatic heterocycles. The van der Waals surface area contributed by atoms with E-state index in [1.165, 1.54) is 5.56 Å². The average molecular weight is 360 g/mol. The minimum atomic E-state index is 0.0659. The number of carbonyl (C=O) groups is 1. The molecule has 2 heterocycles. The number of benzene rings is 2. The minimum absolute atomic E-state index is 0.0659. The summed E-state index contributed by atoms with van der Waals surface area (Å²) in [6.07, 6.45) is 4.87. The van der Waals surface area contributed by atoms with Gasteiger partial charge < -0.3 is 5.32 Å². The van der Waals surface area contributed by atoms with Crippen LogP contribution in [0, 0.1) is 0 Å². The van der Waals surface area contributed by atoms with Gasteiger partial charge in [0.15, 0.2) is 0 Å². The van der Waals surface area contributed by atoms with Crippen LogP contribution in [0.5, 0.6) is 0 Å². The fraction of sp³-hybridized carbons (Fsp3) is 0.273. The van der Waals surface area contributed by atoms with Gasteiger partial charge in [0.05, 0.1) is 18.4 Å². The molecule has 1 aliphatic rings. The highest BCUT2D eigenvalue weighted by atomic mass is 16.2. The average Bonchev–Trinajstić information content (AvgIpc) is 3.37. The molecule has 1 atom stereocenters. The van der Waals surface area contributed by atoms with Gasteiger partial charge in [-0.3, -0.25) is 9.69 Å². The number of para-hydroxylation sites is 1. The smallest absolute Gasteiger partial charge is 0.234 e. The second kappa shape index (κ2) is 8.18. The van der Waals surface area contributed by atoms with Gasteiger partial charge in [0.2, 0.25) is 5.91 Å². The molecule has 0 spiro atoms. The van der Waals surface area contributed by atoms with Gasteiger partial charge in [-0.25, -0.2) is 4.68 Å². The number of nitrogens with zero attached hydrogens (tertiary/aromatic N) is 3. The molecule has 2 aromatic carbocycles. The predicted octanol–water partition coefficient (Wildman–Crippen LogP) is 2.98. The van der Waals surface area contributed by atoms with Crippen molar-refractivity contribution in [2.24, 2.45) is 0 Å². The molecule has 27 heavy (non-hydrogen) atoms. The van der Waals surface area contributed by atoms with Crippen LogP contribution in [0.4, 0.5) is 0 Å². The lowest BCUT2D eigenvalue weighted by atomic mass is 9.99. The summed E-state index contributed by atoms with van der Waals surface area (Å²) < 4.78 is 1.83. The standard InChI is InChI=1S/C22H24N4O/c27-22(17-25-12-11-20(16-25)19-7-3-1-4-8-19)23-13-18-14-24-26(15-18)21-9-5-2-6-10-21/h1-10,14-15,20H,11-13,16-17H2,(H,23,27)/t20-/m1/s1. The second-order valence-electron chi connectivity index (χ2n) is 7.04. The number of aromatic nitrogens is 2. The van der Waals surface area contributed by atoms with E-state index in [1.54, 1.807) is 6.20 Å². The molecular weight excluding hydrogens is 336 g/mol. The van der Waals surface area contributed by atoms with Gasteiger partial charge in [0.25, 0.3) is 0 Å². The third-order valence-electron chi connectivity index (χ3n) is 5.06. The zero-order chi connectivity index (χ0) is 18.5. The molecule has 0 aliphatic carbocycles. The topological polar surface area (TPSA) is 50.2 Å². The summed E-state index contributed by atoms with van der Waals surface area (Å²) in [5, 5.41) is 7.38. The Morgan fingerprint density at radius 1 is 1.07 bits per heavy atom. The molecule has 0 bridgehead atoms. The molecular formula is C22H24N4O. The minimum Gasteiger partial charge on any atom is -0.351 e. The number of carbonyl (C=O) groups excluding carboxylic acids is 1. The Kier molecular flexibility index (Phi) is 5.30. The first-order valence-corrected chi connectivity index (χ1v) is 9.41. The second-order valence-corrected chi connectivity index (χ2v) is 7.04. The highest BCUT2D eigenvalue weighted by Crippen LogP contribution is 2.26. The van der Waals surface area contributed by atoms with Crippen molar-refractivity contribution in [2.75, 3.05) is 19.6 Å². The first-order valence-electron chi connectivity index (χ1n) is 9.41. The lowest BCUT2D eigenvalue weighted by molar-refractivity contribution is -0.122. The molecule has 1 amide bonds. The van der Waals surface area contributed by atoms with Crippen LogP contribution in [0.1, 0.15) is 23.5 Å². The van der Waals surface area contributed by atoms with Crippen LogP contribution in [-0.2, 0) is 11.3 Å². The number of hydrogen-bond acceptors (Lipinski definition) is 3. The maximum Gasteiger partial charge on any atom is 0.234 e. The van der Waals surface area contributed by atoms with E-state index in [0.717, 1.165) is 30.8 Å². The molecule has 0 radical (unpaired) electrons. The van der Waals surface area contributed by atoms with Gasteiger partial charge in [-0.05, 0) is 36.6 Å². The zero-order valence-corrected chi connectivity index (χ0v) is 15.3. The first kappa shape index (κ1) is 17.5. The van der Waals surface area contributed by atoms with Crippen LogP contribution >= 0.6 is 0 Å². The number of likely N-dealkylation sites (tertiary alicyclic amines) is 1. The van der Waals surface area contributed by atoms with E-state index in [-0.39, 0.29) is 5.91 Å². The summed E-state index contributed by atoms with van der Waals surface area (Å²) in [5.41, 5.74) is 3.38. The van der Waals surface area contributed by atoms with Gasteiger partial charge in [0, 0.05) is 24.8 Å². The van der Waals surface area contributed by atoms with Crippen LogP contribution in [-0.4, -0.2) is 40.2 Å². The maximum atomic E-state index is 12.3. The van der Waals surface area contributed by atoms with E-state index in [1.807, 2.05) is 47.3 Å². The summed E-state index contributed by atoms with van der Waals surface area (Å²) in [7, 11) is 0. The van der Waals surface area contributed by atoms with E-state index in [9.17, 15) is 4.79 Å². The van der Waals surface area contributed by atoms with Gasteiger partial charge in [-0.1, -0.05) is 48.5 Å². The molecule has 138 valence electrons. The van der Waals surface area contributed by atoms with Crippen LogP contribution in [0.3, 0.4) is 0 Å². The Morgan fingerprint density at radius 3 is 2.59 bits per heavy atom. The highest BCUT2D eigenvalue weighted by Gasteiger charge is 2.24. The van der Waals surface area contributed by atoms with Crippen LogP contribution in [0.15, 0.2) is 73.1 Å². The lowest BCUT2D eigenvalue weighted by Crippen LogP contribution is -2.35. The molecule has 1 fully saturated rings. The third kappa shape index (κ3) is 4.44. The van der Waals surface area contributed by atoms with Crippen molar-refractivity contribution in [1.29, 1.82) is 0 Å². The molecule has 5 nitrogen and oxygen atoms in total. The molecule has 1 aliphatic heterocycles. The van der Waals surface area contributed by atoms with E-state index in [4.69, 9.17) is 0 Å². The van der Waals surface area contributed by atoms with Crippen LogP contribution in [0.2, 0.25) is 0 Å². The Bertz CT molecular complexity index is 876. The highest BCUT2D eigenvalue weighted by molar-refractivity contribution is 5.78. The third-order valence-corrected chi connectivity index (χ3v) is 5.06. The van der Waals surface area contributed by atoms with Crippen molar-refractivity contribution < 1.29 is 4.79 Å². The number of nitrogens with one attached hydrogen (secondary N) is 1.